The smallest absolute Gasteiger partial charge is 0.244 e. The number of benzene rings is 2. The van der Waals surface area contributed by atoms with Crippen molar-refractivity contribution in [3.8, 4) is 5.75 Å². The van der Waals surface area contributed by atoms with Gasteiger partial charge in [0.15, 0.2) is 0 Å². The number of likely N-dealkylation sites (N-methyl/N-ethyl adjacent to an activating group) is 1. The molecule has 1 heterocycles. The summed E-state index contributed by atoms with van der Waals surface area (Å²) in [6.07, 6.45) is 1.77. The van der Waals surface area contributed by atoms with E-state index >= 15 is 0 Å². The van der Waals surface area contributed by atoms with Gasteiger partial charge in [-0.2, -0.15) is 0 Å². The van der Waals surface area contributed by atoms with E-state index in [1.54, 1.807) is 0 Å². The van der Waals surface area contributed by atoms with Crippen molar-refractivity contribution in [2.24, 2.45) is 0 Å². The van der Waals surface area contributed by atoms with Crippen LogP contribution in [0.4, 0.5) is 0 Å². The number of ether oxygens (including phenoxy) is 1. The zero-order valence-corrected chi connectivity index (χ0v) is 16.0. The summed E-state index contributed by atoms with van der Waals surface area (Å²) in [7, 11) is 3.90. The fourth-order valence-electron chi connectivity index (χ4n) is 3.40. The summed E-state index contributed by atoms with van der Waals surface area (Å²) >= 11 is 6.01. The van der Waals surface area contributed by atoms with E-state index in [0.717, 1.165) is 24.2 Å². The summed E-state index contributed by atoms with van der Waals surface area (Å²) in [5.74, 6) is 0.945. The van der Waals surface area contributed by atoms with Crippen LogP contribution in [0, 0.1) is 0 Å². The number of carbonyl (C=O) groups excluding carboxylic acids is 1. The molecule has 4 nitrogen and oxygen atoms in total. The van der Waals surface area contributed by atoms with Gasteiger partial charge in [0.25, 0.3) is 0 Å². The Kier molecular flexibility index (Phi) is 6.17. The van der Waals surface area contributed by atoms with Crippen molar-refractivity contribution in [3.63, 3.8) is 0 Å². The molecule has 2 aromatic rings. The summed E-state index contributed by atoms with van der Waals surface area (Å²) < 4.78 is 6.02. The Morgan fingerprint density at radius 3 is 2.42 bits per heavy atom. The third-order valence-corrected chi connectivity index (χ3v) is 4.95. The molecule has 0 radical (unpaired) electrons. The van der Waals surface area contributed by atoms with Gasteiger partial charge in [-0.05, 0) is 37.9 Å². The van der Waals surface area contributed by atoms with Crippen molar-refractivity contribution < 1.29 is 9.53 Å². The molecule has 138 valence electrons. The molecule has 2 aromatic carbocycles. The van der Waals surface area contributed by atoms with Gasteiger partial charge in [-0.15, -0.1) is 0 Å². The van der Waals surface area contributed by atoms with Crippen molar-refractivity contribution in [2.75, 3.05) is 27.2 Å². The van der Waals surface area contributed by atoms with Crippen LogP contribution in [-0.2, 0) is 4.79 Å². The Hall–Kier alpha value is -2.04. The fourth-order valence-corrected chi connectivity index (χ4v) is 3.58. The highest BCUT2D eigenvalue weighted by molar-refractivity contribution is 6.30. The topological polar surface area (TPSA) is 32.8 Å². The highest BCUT2D eigenvalue weighted by Gasteiger charge is 2.31. The van der Waals surface area contributed by atoms with Crippen molar-refractivity contribution >= 4 is 17.5 Å². The Balaban J connectivity index is 1.60. The number of hydrogen-bond donors (Lipinski definition) is 0. The standard InChI is InChI=1S/C21H25ClN2O2/c1-23(2)20(16-7-4-3-5-8-16)21(25)24-13-11-18(12-14-24)26-19-10-6-9-17(22)15-19/h3-10,15,18,20H,11-14H2,1-2H3. The molecule has 3 rings (SSSR count). The summed E-state index contributed by atoms with van der Waals surface area (Å²) in [6, 6.07) is 17.2. The average molecular weight is 373 g/mol. The minimum Gasteiger partial charge on any atom is -0.490 e. The zero-order chi connectivity index (χ0) is 18.5. The Bertz CT molecular complexity index is 728. The normalized spacial score (nSPS) is 16.5. The number of halogens is 1. The van der Waals surface area contributed by atoms with Gasteiger partial charge in [-0.1, -0.05) is 48.0 Å². The van der Waals surface area contributed by atoms with E-state index in [-0.39, 0.29) is 18.1 Å². The molecule has 1 fully saturated rings. The molecular weight excluding hydrogens is 348 g/mol. The van der Waals surface area contributed by atoms with Crippen LogP contribution < -0.4 is 4.74 Å². The molecule has 1 aliphatic heterocycles. The first-order valence-electron chi connectivity index (χ1n) is 8.97. The monoisotopic (exact) mass is 372 g/mol. The van der Waals surface area contributed by atoms with Crippen LogP contribution in [0.25, 0.3) is 0 Å². The molecule has 0 aromatic heterocycles. The summed E-state index contributed by atoms with van der Waals surface area (Å²) in [5.41, 5.74) is 1.03. The molecule has 1 saturated heterocycles. The molecule has 1 unspecified atom stereocenters. The van der Waals surface area contributed by atoms with Gasteiger partial charge >= 0.3 is 0 Å². The van der Waals surface area contributed by atoms with Crippen LogP contribution in [-0.4, -0.2) is 49.0 Å². The van der Waals surface area contributed by atoms with Gasteiger partial charge in [0.1, 0.15) is 17.9 Å². The molecule has 0 N–H and O–H groups in total. The summed E-state index contributed by atoms with van der Waals surface area (Å²) in [5, 5.41) is 0.673. The number of amides is 1. The fraction of sp³-hybridized carbons (Fsp3) is 0.381. The molecule has 0 aliphatic carbocycles. The third-order valence-electron chi connectivity index (χ3n) is 4.72. The number of piperidine rings is 1. The maximum atomic E-state index is 13.1. The van der Waals surface area contributed by atoms with E-state index in [4.69, 9.17) is 16.3 Å². The number of hydrogen-bond acceptors (Lipinski definition) is 3. The van der Waals surface area contributed by atoms with Crippen LogP contribution >= 0.6 is 11.6 Å². The third kappa shape index (κ3) is 4.57. The van der Waals surface area contributed by atoms with Gasteiger partial charge in [0, 0.05) is 31.0 Å². The maximum Gasteiger partial charge on any atom is 0.244 e. The first kappa shape index (κ1) is 18.7. The maximum absolute atomic E-state index is 13.1. The second-order valence-corrected chi connectivity index (χ2v) is 7.31. The number of likely N-dealkylation sites (tertiary alicyclic amines) is 1. The van der Waals surface area contributed by atoms with Crippen molar-refractivity contribution in [2.45, 2.75) is 25.0 Å². The Morgan fingerprint density at radius 2 is 1.81 bits per heavy atom. The lowest BCUT2D eigenvalue weighted by atomic mass is 10.0. The molecule has 0 saturated carbocycles. The number of rotatable bonds is 5. The van der Waals surface area contributed by atoms with E-state index < -0.39 is 0 Å². The van der Waals surface area contributed by atoms with Gasteiger partial charge in [0.05, 0.1) is 0 Å². The van der Waals surface area contributed by atoms with E-state index in [2.05, 4.69) is 0 Å². The lowest BCUT2D eigenvalue weighted by Crippen LogP contribution is -2.46. The molecular formula is C21H25ClN2O2. The minimum absolute atomic E-state index is 0.118. The van der Waals surface area contributed by atoms with Gasteiger partial charge in [-0.3, -0.25) is 9.69 Å². The van der Waals surface area contributed by atoms with Crippen LogP contribution in [0.2, 0.25) is 5.02 Å². The highest BCUT2D eigenvalue weighted by atomic mass is 35.5. The Labute approximate surface area is 160 Å². The first-order valence-corrected chi connectivity index (χ1v) is 9.35. The van der Waals surface area contributed by atoms with Crippen molar-refractivity contribution in [3.05, 3.63) is 65.2 Å². The number of carbonyl (C=O) groups is 1. The average Bonchev–Trinajstić information content (AvgIpc) is 2.63. The van der Waals surface area contributed by atoms with Crippen LogP contribution in [0.3, 0.4) is 0 Å². The lowest BCUT2D eigenvalue weighted by Gasteiger charge is -2.36. The second kappa shape index (κ2) is 8.56. The Morgan fingerprint density at radius 1 is 1.12 bits per heavy atom. The predicted octanol–water partition coefficient (Wildman–Crippen LogP) is 4.01. The second-order valence-electron chi connectivity index (χ2n) is 6.88. The van der Waals surface area contributed by atoms with E-state index in [9.17, 15) is 4.79 Å². The summed E-state index contributed by atoms with van der Waals surface area (Å²) in [6.45, 7) is 1.42. The van der Waals surface area contributed by atoms with E-state index in [1.165, 1.54) is 0 Å². The summed E-state index contributed by atoms with van der Waals surface area (Å²) in [4.78, 5) is 17.0. The molecule has 1 atom stereocenters. The van der Waals surface area contributed by atoms with Gasteiger partial charge < -0.3 is 9.64 Å². The minimum atomic E-state index is -0.249. The van der Waals surface area contributed by atoms with Gasteiger partial charge in [0.2, 0.25) is 5.91 Å². The van der Waals surface area contributed by atoms with Gasteiger partial charge in [-0.25, -0.2) is 0 Å². The lowest BCUT2D eigenvalue weighted by molar-refractivity contribution is -0.138. The molecule has 1 aliphatic rings. The zero-order valence-electron chi connectivity index (χ0n) is 15.3. The van der Waals surface area contributed by atoms with Crippen molar-refractivity contribution in [1.29, 1.82) is 0 Å². The van der Waals surface area contributed by atoms with E-state index in [1.807, 2.05) is 78.5 Å². The number of nitrogens with zero attached hydrogens (tertiary/aromatic N) is 2. The van der Waals surface area contributed by atoms with Crippen molar-refractivity contribution in [1.82, 2.24) is 9.80 Å². The molecule has 0 spiro atoms. The molecule has 0 bridgehead atoms. The predicted molar refractivity (Wildman–Crippen MR) is 105 cm³/mol. The van der Waals surface area contributed by atoms with Crippen LogP contribution in [0.5, 0.6) is 5.75 Å². The SMILES string of the molecule is CN(C)C(C(=O)N1CCC(Oc2cccc(Cl)c2)CC1)c1ccccc1. The molecule has 26 heavy (non-hydrogen) atoms. The quantitative estimate of drug-likeness (QED) is 0.794. The molecule has 1 amide bonds. The van der Waals surface area contributed by atoms with Crippen LogP contribution in [0.1, 0.15) is 24.4 Å². The largest absolute Gasteiger partial charge is 0.490 e. The highest BCUT2D eigenvalue weighted by Crippen LogP contribution is 2.25. The van der Waals surface area contributed by atoms with Crippen LogP contribution in [0.15, 0.2) is 54.6 Å². The first-order chi connectivity index (χ1) is 12.5. The van der Waals surface area contributed by atoms with E-state index in [0.29, 0.717) is 18.1 Å². The molecule has 5 heteroatoms.